The average Bonchev–Trinajstić information content (AvgIpc) is 2.42. The lowest BCUT2D eigenvalue weighted by Gasteiger charge is -2.05. The van der Waals surface area contributed by atoms with E-state index in [1.807, 2.05) is 18.2 Å². The fraction of sp³-hybridized carbons (Fsp3) is 0.300. The summed E-state index contributed by atoms with van der Waals surface area (Å²) in [5.74, 6) is 0.964. The molecular weight excluding hydrogens is 196 g/mol. The molecule has 0 bridgehead atoms. The van der Waals surface area contributed by atoms with Gasteiger partial charge >= 0.3 is 0 Å². The molecule has 0 radical (unpaired) electrons. The van der Waals surface area contributed by atoms with Gasteiger partial charge in [0.25, 0.3) is 0 Å². The molecule has 1 atom stereocenters. The van der Waals surface area contributed by atoms with Crippen molar-refractivity contribution in [3.8, 4) is 5.75 Å². The van der Waals surface area contributed by atoms with Gasteiger partial charge in [0.1, 0.15) is 11.9 Å². The molecule has 1 unspecified atom stereocenters. The van der Waals surface area contributed by atoms with E-state index in [0.29, 0.717) is 0 Å². The summed E-state index contributed by atoms with van der Waals surface area (Å²) in [4.78, 5) is 0. The van der Waals surface area contributed by atoms with Gasteiger partial charge in [-0.25, -0.2) is 0 Å². The first kappa shape index (κ1) is 9.27. The van der Waals surface area contributed by atoms with Gasteiger partial charge in [-0.2, -0.15) is 0 Å². The first-order valence-corrected chi connectivity index (χ1v) is 4.92. The van der Waals surface area contributed by atoms with E-state index in [1.54, 1.807) is 0 Å². The van der Waals surface area contributed by atoms with Gasteiger partial charge < -0.3 is 15.8 Å². The zero-order chi connectivity index (χ0) is 10.1. The molecule has 3 N–H and O–H groups in total. The second kappa shape index (κ2) is 3.46. The standard InChI is InChI=1S/C10H12N2OS/c1-6-4-7-5-8(12-10(11)14)2-3-9(7)13-6/h2-3,5-6H,4H2,1H3,(H3,11,12,14). The Labute approximate surface area is 88.2 Å². The summed E-state index contributed by atoms with van der Waals surface area (Å²) < 4.78 is 5.57. The van der Waals surface area contributed by atoms with E-state index in [0.717, 1.165) is 17.9 Å². The average molecular weight is 208 g/mol. The van der Waals surface area contributed by atoms with Crippen molar-refractivity contribution in [1.82, 2.24) is 0 Å². The lowest BCUT2D eigenvalue weighted by molar-refractivity contribution is 0.254. The minimum atomic E-state index is 0.269. The molecule has 0 spiro atoms. The van der Waals surface area contributed by atoms with Gasteiger partial charge in [-0.05, 0) is 42.9 Å². The van der Waals surface area contributed by atoms with Crippen LogP contribution in [0.1, 0.15) is 12.5 Å². The minimum absolute atomic E-state index is 0.269. The molecule has 0 saturated heterocycles. The maximum Gasteiger partial charge on any atom is 0.168 e. The fourth-order valence-corrected chi connectivity index (χ4v) is 1.76. The van der Waals surface area contributed by atoms with E-state index in [2.05, 4.69) is 12.2 Å². The third kappa shape index (κ3) is 1.80. The number of thiocarbonyl (C=S) groups is 1. The molecular formula is C10H12N2OS. The van der Waals surface area contributed by atoms with Crippen LogP contribution in [-0.2, 0) is 6.42 Å². The van der Waals surface area contributed by atoms with E-state index >= 15 is 0 Å². The van der Waals surface area contributed by atoms with Crippen molar-refractivity contribution in [3.05, 3.63) is 23.8 Å². The molecule has 1 aromatic rings. The second-order valence-electron chi connectivity index (χ2n) is 3.44. The summed E-state index contributed by atoms with van der Waals surface area (Å²) in [7, 11) is 0. The maximum absolute atomic E-state index is 5.57. The van der Waals surface area contributed by atoms with Crippen molar-refractivity contribution in [2.24, 2.45) is 5.73 Å². The summed E-state index contributed by atoms with van der Waals surface area (Å²) in [6.45, 7) is 2.06. The Morgan fingerprint density at radius 3 is 3.14 bits per heavy atom. The van der Waals surface area contributed by atoms with Crippen LogP contribution in [0, 0.1) is 0 Å². The van der Waals surface area contributed by atoms with Crippen molar-refractivity contribution in [2.45, 2.75) is 19.4 Å². The molecule has 1 heterocycles. The lowest BCUT2D eigenvalue weighted by Crippen LogP contribution is -2.18. The van der Waals surface area contributed by atoms with Crippen LogP contribution in [-0.4, -0.2) is 11.2 Å². The summed E-state index contributed by atoms with van der Waals surface area (Å²) in [5, 5.41) is 3.19. The lowest BCUT2D eigenvalue weighted by atomic mass is 10.1. The van der Waals surface area contributed by atoms with Crippen LogP contribution in [0.2, 0.25) is 0 Å². The molecule has 0 aliphatic carbocycles. The summed E-state index contributed by atoms with van der Waals surface area (Å²) >= 11 is 4.76. The van der Waals surface area contributed by atoms with Crippen LogP contribution < -0.4 is 15.8 Å². The Kier molecular flexibility index (Phi) is 2.29. The van der Waals surface area contributed by atoms with Crippen molar-refractivity contribution in [2.75, 3.05) is 5.32 Å². The van der Waals surface area contributed by atoms with Gasteiger partial charge in [-0.3, -0.25) is 0 Å². The van der Waals surface area contributed by atoms with E-state index in [1.165, 1.54) is 5.56 Å². The zero-order valence-corrected chi connectivity index (χ0v) is 8.73. The largest absolute Gasteiger partial charge is 0.490 e. The smallest absolute Gasteiger partial charge is 0.168 e. The van der Waals surface area contributed by atoms with Crippen LogP contribution >= 0.6 is 12.2 Å². The number of hydrogen-bond acceptors (Lipinski definition) is 2. The fourth-order valence-electron chi connectivity index (χ4n) is 1.64. The van der Waals surface area contributed by atoms with Crippen molar-refractivity contribution >= 4 is 23.0 Å². The number of ether oxygens (including phenoxy) is 1. The van der Waals surface area contributed by atoms with Crippen LogP contribution in [0.4, 0.5) is 5.69 Å². The number of benzene rings is 1. The molecule has 0 aromatic heterocycles. The highest BCUT2D eigenvalue weighted by Crippen LogP contribution is 2.30. The molecule has 2 rings (SSSR count). The molecule has 1 aromatic carbocycles. The molecule has 4 heteroatoms. The molecule has 0 saturated carbocycles. The minimum Gasteiger partial charge on any atom is -0.490 e. The normalized spacial score (nSPS) is 18.5. The Morgan fingerprint density at radius 2 is 2.43 bits per heavy atom. The molecule has 1 aliphatic rings. The first-order chi connectivity index (χ1) is 6.65. The SMILES string of the molecule is CC1Cc2cc(NC(N)=S)ccc2O1. The van der Waals surface area contributed by atoms with Gasteiger partial charge in [0.05, 0.1) is 0 Å². The van der Waals surface area contributed by atoms with Gasteiger partial charge in [-0.1, -0.05) is 0 Å². The van der Waals surface area contributed by atoms with Gasteiger partial charge in [-0.15, -0.1) is 0 Å². The molecule has 14 heavy (non-hydrogen) atoms. The number of nitrogens with one attached hydrogen (secondary N) is 1. The third-order valence-corrected chi connectivity index (χ3v) is 2.27. The third-order valence-electron chi connectivity index (χ3n) is 2.16. The highest BCUT2D eigenvalue weighted by molar-refractivity contribution is 7.80. The second-order valence-corrected chi connectivity index (χ2v) is 3.88. The van der Waals surface area contributed by atoms with Crippen molar-refractivity contribution in [1.29, 1.82) is 0 Å². The predicted octanol–water partition coefficient (Wildman–Crippen LogP) is 1.67. The van der Waals surface area contributed by atoms with Crippen LogP contribution in [0.5, 0.6) is 5.75 Å². The van der Waals surface area contributed by atoms with Crippen LogP contribution in [0.25, 0.3) is 0 Å². The molecule has 74 valence electrons. The van der Waals surface area contributed by atoms with E-state index in [-0.39, 0.29) is 11.2 Å². The van der Waals surface area contributed by atoms with Crippen LogP contribution in [0.3, 0.4) is 0 Å². The number of fused-ring (bicyclic) bond motifs is 1. The van der Waals surface area contributed by atoms with Gasteiger partial charge in [0, 0.05) is 12.1 Å². The quantitative estimate of drug-likeness (QED) is 0.689. The number of nitrogens with two attached hydrogens (primary N) is 1. The summed E-state index contributed by atoms with van der Waals surface area (Å²) in [5.41, 5.74) is 7.52. The van der Waals surface area contributed by atoms with Crippen LogP contribution in [0.15, 0.2) is 18.2 Å². The zero-order valence-electron chi connectivity index (χ0n) is 7.91. The van der Waals surface area contributed by atoms with E-state index in [4.69, 9.17) is 22.7 Å². The Balaban J connectivity index is 2.24. The summed E-state index contributed by atoms with van der Waals surface area (Å²) in [6, 6.07) is 5.88. The van der Waals surface area contributed by atoms with E-state index < -0.39 is 0 Å². The Morgan fingerprint density at radius 1 is 1.64 bits per heavy atom. The predicted molar refractivity (Wildman–Crippen MR) is 60.6 cm³/mol. The number of rotatable bonds is 1. The topological polar surface area (TPSA) is 47.3 Å². The summed E-state index contributed by atoms with van der Waals surface area (Å²) in [6.07, 6.45) is 1.22. The Hall–Kier alpha value is -1.29. The Bertz CT molecular complexity index is 378. The van der Waals surface area contributed by atoms with Gasteiger partial charge in [0.15, 0.2) is 5.11 Å². The van der Waals surface area contributed by atoms with E-state index in [9.17, 15) is 0 Å². The number of anilines is 1. The molecule has 1 aliphatic heterocycles. The molecule has 0 amide bonds. The van der Waals surface area contributed by atoms with Crippen molar-refractivity contribution < 1.29 is 4.74 Å². The first-order valence-electron chi connectivity index (χ1n) is 4.51. The highest BCUT2D eigenvalue weighted by Gasteiger charge is 2.18. The van der Waals surface area contributed by atoms with Gasteiger partial charge in [0.2, 0.25) is 0 Å². The highest BCUT2D eigenvalue weighted by atomic mass is 32.1. The maximum atomic E-state index is 5.57. The monoisotopic (exact) mass is 208 g/mol. The molecule has 3 nitrogen and oxygen atoms in total. The van der Waals surface area contributed by atoms with Crippen molar-refractivity contribution in [3.63, 3.8) is 0 Å². The number of hydrogen-bond donors (Lipinski definition) is 2. The molecule has 0 fully saturated rings.